The van der Waals surface area contributed by atoms with E-state index in [0.717, 1.165) is 26.5 Å². The van der Waals surface area contributed by atoms with Gasteiger partial charge in [0.2, 0.25) is 0 Å². The highest BCUT2D eigenvalue weighted by Gasteiger charge is 2.14. The number of nitrogens with one attached hydrogen (secondary N) is 1. The van der Waals surface area contributed by atoms with E-state index >= 15 is 0 Å². The number of anilines is 1. The molecule has 0 radical (unpaired) electrons. The summed E-state index contributed by atoms with van der Waals surface area (Å²) in [7, 11) is 1.62. The Bertz CT molecular complexity index is 1000. The lowest BCUT2D eigenvalue weighted by atomic mass is 10.3. The van der Waals surface area contributed by atoms with Crippen molar-refractivity contribution in [3.05, 3.63) is 46.1 Å². The van der Waals surface area contributed by atoms with Crippen molar-refractivity contribution in [1.82, 2.24) is 9.97 Å². The standard InChI is InChI=1S/C16H11N3O2S3/c1-21-10-2-3-11-13(6-10)24-16(18-11)19-14(20)12-8-23-15(17-12)9-4-5-22-7-9/h2-8H,1H3,(H,18,19,20). The Balaban J connectivity index is 1.55. The first-order valence-corrected chi connectivity index (χ1v) is 9.61. The van der Waals surface area contributed by atoms with E-state index in [2.05, 4.69) is 15.3 Å². The van der Waals surface area contributed by atoms with Gasteiger partial charge in [-0.2, -0.15) is 11.3 Å². The monoisotopic (exact) mass is 373 g/mol. The molecule has 0 saturated carbocycles. The van der Waals surface area contributed by atoms with Gasteiger partial charge in [0.05, 0.1) is 17.3 Å². The van der Waals surface area contributed by atoms with Crippen LogP contribution in [-0.2, 0) is 0 Å². The smallest absolute Gasteiger partial charge is 0.276 e. The molecule has 24 heavy (non-hydrogen) atoms. The second-order valence-electron chi connectivity index (χ2n) is 4.86. The van der Waals surface area contributed by atoms with Crippen LogP contribution in [0.25, 0.3) is 20.8 Å². The molecule has 0 spiro atoms. The minimum Gasteiger partial charge on any atom is -0.497 e. The molecule has 0 unspecified atom stereocenters. The van der Waals surface area contributed by atoms with Crippen molar-refractivity contribution in [3.8, 4) is 16.3 Å². The number of amides is 1. The molecule has 1 N–H and O–H groups in total. The first-order chi connectivity index (χ1) is 11.7. The van der Waals surface area contributed by atoms with Crippen LogP contribution in [0.1, 0.15) is 10.5 Å². The van der Waals surface area contributed by atoms with Crippen molar-refractivity contribution in [2.75, 3.05) is 12.4 Å². The van der Waals surface area contributed by atoms with Gasteiger partial charge in [0.1, 0.15) is 16.5 Å². The molecule has 0 aliphatic heterocycles. The lowest BCUT2D eigenvalue weighted by Gasteiger charge is -1.96. The first kappa shape index (κ1) is 15.3. The van der Waals surface area contributed by atoms with Crippen LogP contribution in [0.2, 0.25) is 0 Å². The van der Waals surface area contributed by atoms with Crippen molar-refractivity contribution < 1.29 is 9.53 Å². The quantitative estimate of drug-likeness (QED) is 0.561. The molecule has 0 aliphatic carbocycles. The Kier molecular flexibility index (Phi) is 4.01. The molecular formula is C16H11N3O2S3. The Hall–Kier alpha value is -2.29. The third-order valence-electron chi connectivity index (χ3n) is 3.32. The molecule has 0 atom stereocenters. The molecule has 0 fully saturated rings. The van der Waals surface area contributed by atoms with E-state index in [9.17, 15) is 4.79 Å². The molecule has 5 nitrogen and oxygen atoms in total. The summed E-state index contributed by atoms with van der Waals surface area (Å²) in [4.78, 5) is 21.2. The summed E-state index contributed by atoms with van der Waals surface area (Å²) >= 11 is 4.47. The fourth-order valence-electron chi connectivity index (χ4n) is 2.14. The normalized spacial score (nSPS) is 10.9. The highest BCUT2D eigenvalue weighted by Crippen LogP contribution is 2.30. The van der Waals surface area contributed by atoms with Crippen molar-refractivity contribution in [3.63, 3.8) is 0 Å². The second-order valence-corrected chi connectivity index (χ2v) is 7.53. The Labute approximate surface area is 149 Å². The molecule has 0 aliphatic rings. The molecule has 0 bridgehead atoms. The van der Waals surface area contributed by atoms with Gasteiger partial charge in [0, 0.05) is 16.3 Å². The predicted molar refractivity (Wildman–Crippen MR) is 99.6 cm³/mol. The zero-order chi connectivity index (χ0) is 16.5. The second kappa shape index (κ2) is 6.31. The van der Waals surface area contributed by atoms with Crippen LogP contribution in [0, 0.1) is 0 Å². The van der Waals surface area contributed by atoms with E-state index in [1.165, 1.54) is 22.7 Å². The van der Waals surface area contributed by atoms with Gasteiger partial charge < -0.3 is 4.74 Å². The third-order valence-corrected chi connectivity index (χ3v) is 5.83. The van der Waals surface area contributed by atoms with Gasteiger partial charge in [-0.25, -0.2) is 9.97 Å². The van der Waals surface area contributed by atoms with E-state index in [0.29, 0.717) is 10.8 Å². The molecule has 3 heterocycles. The van der Waals surface area contributed by atoms with Gasteiger partial charge in [0.15, 0.2) is 5.13 Å². The van der Waals surface area contributed by atoms with Crippen LogP contribution < -0.4 is 10.1 Å². The number of carbonyl (C=O) groups excluding carboxylic acids is 1. The average molecular weight is 373 g/mol. The number of fused-ring (bicyclic) bond motifs is 1. The maximum Gasteiger partial charge on any atom is 0.276 e. The van der Waals surface area contributed by atoms with Crippen molar-refractivity contribution in [2.24, 2.45) is 0 Å². The van der Waals surface area contributed by atoms with Gasteiger partial charge in [0.25, 0.3) is 5.91 Å². The zero-order valence-electron chi connectivity index (χ0n) is 12.5. The number of ether oxygens (including phenoxy) is 1. The van der Waals surface area contributed by atoms with Crippen molar-refractivity contribution in [2.45, 2.75) is 0 Å². The summed E-state index contributed by atoms with van der Waals surface area (Å²) in [5, 5.41) is 9.98. The average Bonchev–Trinajstić information content (AvgIpc) is 3.32. The number of thiazole rings is 2. The summed E-state index contributed by atoms with van der Waals surface area (Å²) < 4.78 is 6.16. The molecule has 4 rings (SSSR count). The topological polar surface area (TPSA) is 64.1 Å². The van der Waals surface area contributed by atoms with Gasteiger partial charge >= 0.3 is 0 Å². The van der Waals surface area contributed by atoms with Crippen LogP contribution in [-0.4, -0.2) is 23.0 Å². The highest BCUT2D eigenvalue weighted by molar-refractivity contribution is 7.22. The number of carbonyl (C=O) groups is 1. The summed E-state index contributed by atoms with van der Waals surface area (Å²) in [5.74, 6) is 0.516. The summed E-state index contributed by atoms with van der Waals surface area (Å²) in [6, 6.07) is 7.62. The molecule has 120 valence electrons. The van der Waals surface area contributed by atoms with Crippen molar-refractivity contribution in [1.29, 1.82) is 0 Å². The van der Waals surface area contributed by atoms with E-state index in [4.69, 9.17) is 4.74 Å². The third kappa shape index (κ3) is 2.91. The summed E-state index contributed by atoms with van der Waals surface area (Å²) in [5.41, 5.74) is 2.27. The number of aromatic nitrogens is 2. The fourth-order valence-corrected chi connectivity index (χ4v) is 4.54. The number of benzene rings is 1. The van der Waals surface area contributed by atoms with Gasteiger partial charge in [-0.3, -0.25) is 10.1 Å². The maximum absolute atomic E-state index is 12.4. The van der Waals surface area contributed by atoms with Crippen LogP contribution >= 0.6 is 34.0 Å². The number of hydrogen-bond acceptors (Lipinski definition) is 7. The lowest BCUT2D eigenvalue weighted by molar-refractivity contribution is 0.102. The minimum atomic E-state index is -0.251. The largest absolute Gasteiger partial charge is 0.497 e. The molecule has 0 saturated heterocycles. The minimum absolute atomic E-state index is 0.251. The molecule has 3 aromatic heterocycles. The number of hydrogen-bond donors (Lipinski definition) is 1. The lowest BCUT2D eigenvalue weighted by Crippen LogP contribution is -2.11. The van der Waals surface area contributed by atoms with Crippen LogP contribution in [0.4, 0.5) is 5.13 Å². The van der Waals surface area contributed by atoms with E-state index < -0.39 is 0 Å². The molecule has 8 heteroatoms. The number of nitrogens with zero attached hydrogens (tertiary/aromatic N) is 2. The van der Waals surface area contributed by atoms with Crippen LogP contribution in [0.15, 0.2) is 40.4 Å². The molecule has 4 aromatic rings. The Morgan fingerprint density at radius 1 is 1.21 bits per heavy atom. The summed E-state index contributed by atoms with van der Waals surface area (Å²) in [6.45, 7) is 0. The number of thiophene rings is 1. The van der Waals surface area contributed by atoms with E-state index in [1.54, 1.807) is 23.8 Å². The first-order valence-electron chi connectivity index (χ1n) is 6.97. The zero-order valence-corrected chi connectivity index (χ0v) is 14.9. The van der Waals surface area contributed by atoms with Crippen LogP contribution in [0.3, 0.4) is 0 Å². The Morgan fingerprint density at radius 2 is 2.12 bits per heavy atom. The fraction of sp³-hybridized carbons (Fsp3) is 0.0625. The summed E-state index contributed by atoms with van der Waals surface area (Å²) in [6.07, 6.45) is 0. The molecule has 1 amide bonds. The maximum atomic E-state index is 12.4. The van der Waals surface area contributed by atoms with Crippen LogP contribution in [0.5, 0.6) is 5.75 Å². The SMILES string of the molecule is COc1ccc2nc(NC(=O)c3csc(-c4ccsc4)n3)sc2c1. The number of rotatable bonds is 4. The van der Waals surface area contributed by atoms with E-state index in [1.807, 2.05) is 35.0 Å². The van der Waals surface area contributed by atoms with Crippen molar-refractivity contribution >= 4 is 55.3 Å². The predicted octanol–water partition coefficient (Wildman–Crippen LogP) is 4.74. The Morgan fingerprint density at radius 3 is 2.92 bits per heavy atom. The van der Waals surface area contributed by atoms with Gasteiger partial charge in [-0.1, -0.05) is 11.3 Å². The van der Waals surface area contributed by atoms with E-state index in [-0.39, 0.29) is 5.91 Å². The van der Waals surface area contributed by atoms with Gasteiger partial charge in [-0.15, -0.1) is 11.3 Å². The van der Waals surface area contributed by atoms with Gasteiger partial charge in [-0.05, 0) is 29.6 Å². The molecular weight excluding hydrogens is 362 g/mol. The highest BCUT2D eigenvalue weighted by atomic mass is 32.1. The molecule has 1 aromatic carbocycles. The number of methoxy groups -OCH3 is 1.